The molecule has 1 saturated carbocycles. The third-order valence-corrected chi connectivity index (χ3v) is 5.39. The summed E-state index contributed by atoms with van der Waals surface area (Å²) in [6.45, 7) is 0.268. The molecule has 1 aromatic heterocycles. The topological polar surface area (TPSA) is 90.0 Å². The minimum atomic E-state index is -0.614. The molecular formula is C17H19BrN4O2. The van der Waals surface area contributed by atoms with Gasteiger partial charge in [-0.15, -0.1) is 0 Å². The zero-order valence-electron chi connectivity index (χ0n) is 13.2. The molecule has 2 aromatic rings. The van der Waals surface area contributed by atoms with E-state index >= 15 is 0 Å². The van der Waals surface area contributed by atoms with E-state index in [0.717, 1.165) is 31.4 Å². The van der Waals surface area contributed by atoms with Crippen LogP contribution in [0.2, 0.25) is 0 Å². The molecule has 0 aliphatic heterocycles. The maximum Gasteiger partial charge on any atom is 0.255 e. The van der Waals surface area contributed by atoms with E-state index in [2.05, 4.69) is 26.3 Å². The molecule has 0 spiro atoms. The van der Waals surface area contributed by atoms with Gasteiger partial charge in [-0.1, -0.05) is 31.0 Å². The molecule has 1 fully saturated rings. The molecule has 0 radical (unpaired) electrons. The first kappa shape index (κ1) is 16.7. The Morgan fingerprint density at radius 3 is 2.54 bits per heavy atom. The molecule has 24 heavy (non-hydrogen) atoms. The van der Waals surface area contributed by atoms with E-state index in [1.165, 1.54) is 6.20 Å². The second-order valence-corrected chi connectivity index (χ2v) is 6.88. The summed E-state index contributed by atoms with van der Waals surface area (Å²) >= 11 is 3.43. The number of nitrogens with one attached hydrogen (secondary N) is 1. The molecule has 6 nitrogen and oxygen atoms in total. The molecule has 0 saturated heterocycles. The molecule has 0 bridgehead atoms. The molecule has 3 N–H and O–H groups in total. The predicted octanol–water partition coefficient (Wildman–Crippen LogP) is 2.41. The van der Waals surface area contributed by atoms with E-state index in [1.54, 1.807) is 4.68 Å². The Bertz CT molecular complexity index is 751. The Hall–Kier alpha value is -2.15. The number of aromatic nitrogens is 2. The highest BCUT2D eigenvalue weighted by Gasteiger charge is 2.39. The summed E-state index contributed by atoms with van der Waals surface area (Å²) in [4.78, 5) is 24.3. The van der Waals surface area contributed by atoms with Crippen LogP contribution in [0.15, 0.2) is 41.1 Å². The van der Waals surface area contributed by atoms with Crippen molar-refractivity contribution in [3.05, 3.63) is 46.7 Å². The number of hydrogen-bond acceptors (Lipinski definition) is 3. The van der Waals surface area contributed by atoms with Crippen LogP contribution in [0.25, 0.3) is 5.69 Å². The highest BCUT2D eigenvalue weighted by Crippen LogP contribution is 2.37. The second-order valence-electron chi connectivity index (χ2n) is 6.13. The third kappa shape index (κ3) is 3.08. The summed E-state index contributed by atoms with van der Waals surface area (Å²) in [5.74, 6) is -0.601. The van der Waals surface area contributed by atoms with Gasteiger partial charge >= 0.3 is 0 Å². The Balaban J connectivity index is 1.74. The highest BCUT2D eigenvalue weighted by molar-refractivity contribution is 9.10. The van der Waals surface area contributed by atoms with Crippen molar-refractivity contribution in [3.63, 3.8) is 0 Å². The van der Waals surface area contributed by atoms with Crippen molar-refractivity contribution >= 4 is 27.7 Å². The zero-order chi connectivity index (χ0) is 17.2. The van der Waals surface area contributed by atoms with Crippen LogP contribution in [-0.4, -0.2) is 28.1 Å². The van der Waals surface area contributed by atoms with Crippen molar-refractivity contribution in [3.8, 4) is 5.69 Å². The van der Waals surface area contributed by atoms with Crippen LogP contribution in [0.1, 0.15) is 36.0 Å². The summed E-state index contributed by atoms with van der Waals surface area (Å²) in [5.41, 5.74) is 6.22. The van der Waals surface area contributed by atoms with Crippen LogP contribution in [0, 0.1) is 5.41 Å². The smallest absolute Gasteiger partial charge is 0.255 e. The number of nitrogens with zero attached hydrogens (tertiary/aromatic N) is 2. The molecule has 1 aliphatic carbocycles. The zero-order valence-corrected chi connectivity index (χ0v) is 14.8. The quantitative estimate of drug-likeness (QED) is 0.820. The van der Waals surface area contributed by atoms with Crippen LogP contribution >= 0.6 is 15.9 Å². The minimum absolute atomic E-state index is 0.267. The summed E-state index contributed by atoms with van der Waals surface area (Å²) in [7, 11) is 0. The third-order valence-electron chi connectivity index (χ3n) is 4.63. The van der Waals surface area contributed by atoms with E-state index < -0.39 is 5.41 Å². The SMILES string of the molecule is NC(=O)C1(CNC(=O)c2cnn(-c3ccccc3)c2Br)CCCC1. The van der Waals surface area contributed by atoms with Crippen LogP contribution in [0.3, 0.4) is 0 Å². The number of para-hydroxylation sites is 1. The lowest BCUT2D eigenvalue weighted by atomic mass is 9.85. The maximum atomic E-state index is 12.5. The number of halogens is 1. The first-order valence-electron chi connectivity index (χ1n) is 7.90. The van der Waals surface area contributed by atoms with Gasteiger partial charge in [0.1, 0.15) is 4.60 Å². The minimum Gasteiger partial charge on any atom is -0.369 e. The van der Waals surface area contributed by atoms with Crippen LogP contribution in [0.4, 0.5) is 0 Å². The number of carbonyl (C=O) groups is 2. The van der Waals surface area contributed by atoms with E-state index in [0.29, 0.717) is 10.2 Å². The first-order valence-corrected chi connectivity index (χ1v) is 8.70. The van der Waals surface area contributed by atoms with Crippen molar-refractivity contribution in [2.24, 2.45) is 11.1 Å². The molecule has 0 unspecified atom stereocenters. The lowest BCUT2D eigenvalue weighted by Gasteiger charge is -2.25. The second kappa shape index (κ2) is 6.76. The van der Waals surface area contributed by atoms with Crippen LogP contribution < -0.4 is 11.1 Å². The number of hydrogen-bond donors (Lipinski definition) is 2. The standard InChI is InChI=1S/C17H19BrN4O2/c18-14-13(10-21-22(14)12-6-2-1-3-7-12)15(23)20-11-17(16(19)24)8-4-5-9-17/h1-3,6-7,10H,4-5,8-9,11H2,(H2,19,24)(H,20,23). The molecule has 1 heterocycles. The van der Waals surface area contributed by atoms with Crippen molar-refractivity contribution in [1.29, 1.82) is 0 Å². The summed E-state index contributed by atoms with van der Waals surface area (Å²) in [5, 5.41) is 7.10. The fourth-order valence-corrected chi connectivity index (χ4v) is 3.72. The van der Waals surface area contributed by atoms with Crippen molar-refractivity contribution in [2.75, 3.05) is 6.54 Å². The Labute approximate surface area is 148 Å². The van der Waals surface area contributed by atoms with Crippen molar-refractivity contribution in [1.82, 2.24) is 15.1 Å². The average Bonchev–Trinajstić information content (AvgIpc) is 3.21. The van der Waals surface area contributed by atoms with Gasteiger partial charge in [0, 0.05) is 6.54 Å². The highest BCUT2D eigenvalue weighted by atomic mass is 79.9. The Morgan fingerprint density at radius 2 is 1.92 bits per heavy atom. The molecule has 2 amide bonds. The normalized spacial score (nSPS) is 16.0. The summed E-state index contributed by atoms with van der Waals surface area (Å²) in [6, 6.07) is 9.53. The number of carbonyl (C=O) groups excluding carboxylic acids is 2. The van der Waals surface area contributed by atoms with E-state index in [1.807, 2.05) is 30.3 Å². The number of amides is 2. The van der Waals surface area contributed by atoms with Gasteiger partial charge in [-0.25, -0.2) is 4.68 Å². The molecule has 7 heteroatoms. The van der Waals surface area contributed by atoms with Gasteiger partial charge in [-0.2, -0.15) is 5.10 Å². The maximum absolute atomic E-state index is 12.5. The molecule has 3 rings (SSSR count). The molecule has 1 aromatic carbocycles. The van der Waals surface area contributed by atoms with Crippen molar-refractivity contribution < 1.29 is 9.59 Å². The summed E-state index contributed by atoms with van der Waals surface area (Å²) < 4.78 is 2.22. The largest absolute Gasteiger partial charge is 0.369 e. The van der Waals surface area contributed by atoms with Crippen LogP contribution in [0.5, 0.6) is 0 Å². The number of rotatable bonds is 5. The van der Waals surface area contributed by atoms with Gasteiger partial charge in [-0.05, 0) is 40.9 Å². The van der Waals surface area contributed by atoms with E-state index in [-0.39, 0.29) is 18.4 Å². The van der Waals surface area contributed by atoms with Crippen molar-refractivity contribution in [2.45, 2.75) is 25.7 Å². The average molecular weight is 391 g/mol. The van der Waals surface area contributed by atoms with Crippen LogP contribution in [-0.2, 0) is 4.79 Å². The monoisotopic (exact) mass is 390 g/mol. The van der Waals surface area contributed by atoms with Gasteiger partial charge in [0.05, 0.1) is 22.9 Å². The Morgan fingerprint density at radius 1 is 1.25 bits per heavy atom. The van der Waals surface area contributed by atoms with E-state index in [9.17, 15) is 9.59 Å². The number of benzene rings is 1. The molecule has 0 atom stereocenters. The van der Waals surface area contributed by atoms with E-state index in [4.69, 9.17) is 5.73 Å². The van der Waals surface area contributed by atoms with Gasteiger partial charge in [0.25, 0.3) is 5.91 Å². The fraction of sp³-hybridized carbons (Fsp3) is 0.353. The lowest BCUT2D eigenvalue weighted by Crippen LogP contribution is -2.44. The lowest BCUT2D eigenvalue weighted by molar-refractivity contribution is -0.127. The molecular weight excluding hydrogens is 372 g/mol. The van der Waals surface area contributed by atoms with Gasteiger partial charge in [0.2, 0.25) is 5.91 Å². The van der Waals surface area contributed by atoms with Gasteiger partial charge < -0.3 is 11.1 Å². The summed E-state index contributed by atoms with van der Waals surface area (Å²) in [6.07, 6.45) is 4.90. The van der Waals surface area contributed by atoms with Gasteiger partial charge in [0.15, 0.2) is 0 Å². The van der Waals surface area contributed by atoms with Gasteiger partial charge in [-0.3, -0.25) is 9.59 Å². The molecule has 1 aliphatic rings. The predicted molar refractivity (Wildman–Crippen MR) is 93.7 cm³/mol. The fourth-order valence-electron chi connectivity index (χ4n) is 3.14. The Kier molecular flexibility index (Phi) is 4.71. The number of nitrogens with two attached hydrogens (primary N) is 1. The number of primary amides is 1. The molecule has 126 valence electrons. The first-order chi connectivity index (χ1) is 11.5.